The van der Waals surface area contributed by atoms with Gasteiger partial charge in [-0.25, -0.2) is 0 Å². The fraction of sp³-hybridized carbons (Fsp3) is 0.625. The molecule has 0 radical (unpaired) electrons. The van der Waals surface area contributed by atoms with Crippen molar-refractivity contribution >= 4 is 5.69 Å². The highest BCUT2D eigenvalue weighted by atomic mass is 16.8. The Kier molecular flexibility index (Phi) is 6.83. The summed E-state index contributed by atoms with van der Waals surface area (Å²) < 4.78 is 20.4. The molecular formula is C16H21NO13. The average Bonchev–Trinajstić information content (AvgIpc) is 2.71. The summed E-state index contributed by atoms with van der Waals surface area (Å²) in [5.41, 5.74) is -0.216. The first-order valence-corrected chi connectivity index (χ1v) is 8.74. The van der Waals surface area contributed by atoms with Gasteiger partial charge in [0.15, 0.2) is 18.9 Å². The summed E-state index contributed by atoms with van der Waals surface area (Å²) in [5.74, 6) is 0.0231. The van der Waals surface area contributed by atoms with Crippen molar-refractivity contribution in [3.05, 3.63) is 34.4 Å². The van der Waals surface area contributed by atoms with Crippen LogP contribution in [-0.2, 0) is 14.2 Å². The third-order valence-corrected chi connectivity index (χ3v) is 4.65. The standard InChI is InChI=1S/C16H21NO13/c18-7-8(19)13(23)29-15(9(7)20)28-12-10(21)14(24)30-16(11(12)22)27-6-3-1-5(2-4-6)17(25)26/h1-4,7-16,18-24H/t7-,8-,9+,10-,11+,12?,13-,14-,15?,16?/m0/s1. The molecule has 168 valence electrons. The van der Waals surface area contributed by atoms with E-state index in [1.165, 1.54) is 12.1 Å². The molecule has 0 aromatic heterocycles. The summed E-state index contributed by atoms with van der Waals surface area (Å²) in [5, 5.41) is 79.9. The lowest BCUT2D eigenvalue weighted by Gasteiger charge is -2.44. The lowest BCUT2D eigenvalue weighted by molar-refractivity contribution is -0.386. The number of hydrogen-bond acceptors (Lipinski definition) is 13. The van der Waals surface area contributed by atoms with Crippen LogP contribution in [0.15, 0.2) is 24.3 Å². The number of nitro groups is 1. The van der Waals surface area contributed by atoms with E-state index in [0.717, 1.165) is 12.1 Å². The zero-order valence-corrected chi connectivity index (χ0v) is 15.1. The maximum atomic E-state index is 10.7. The van der Waals surface area contributed by atoms with Crippen molar-refractivity contribution in [2.45, 2.75) is 61.8 Å². The summed E-state index contributed by atoms with van der Waals surface area (Å²) in [6, 6.07) is 4.68. The van der Waals surface area contributed by atoms with Crippen LogP contribution in [0.4, 0.5) is 5.69 Å². The molecule has 2 heterocycles. The Balaban J connectivity index is 1.72. The predicted octanol–water partition coefficient (Wildman–Crippen LogP) is -3.49. The zero-order chi connectivity index (χ0) is 22.2. The van der Waals surface area contributed by atoms with E-state index in [9.17, 15) is 45.9 Å². The number of ether oxygens (including phenoxy) is 4. The molecule has 3 rings (SSSR count). The van der Waals surface area contributed by atoms with E-state index < -0.39 is 66.7 Å². The van der Waals surface area contributed by atoms with Crippen LogP contribution < -0.4 is 4.74 Å². The zero-order valence-electron chi connectivity index (χ0n) is 15.1. The van der Waals surface area contributed by atoms with Crippen molar-refractivity contribution in [2.24, 2.45) is 0 Å². The second-order valence-corrected chi connectivity index (χ2v) is 6.71. The summed E-state index contributed by atoms with van der Waals surface area (Å²) in [7, 11) is 0. The minimum absolute atomic E-state index is 0.0231. The van der Waals surface area contributed by atoms with Gasteiger partial charge in [0.25, 0.3) is 5.69 Å². The fourth-order valence-electron chi connectivity index (χ4n) is 2.95. The Labute approximate surface area is 168 Å². The van der Waals surface area contributed by atoms with E-state index in [1.54, 1.807) is 0 Å². The first-order valence-electron chi connectivity index (χ1n) is 8.74. The van der Waals surface area contributed by atoms with Crippen molar-refractivity contribution in [1.82, 2.24) is 0 Å². The number of aliphatic hydroxyl groups excluding tert-OH is 7. The summed E-state index contributed by atoms with van der Waals surface area (Å²) in [4.78, 5) is 10.1. The predicted molar refractivity (Wildman–Crippen MR) is 90.4 cm³/mol. The molecule has 2 saturated heterocycles. The first-order chi connectivity index (χ1) is 14.1. The molecule has 0 bridgehead atoms. The van der Waals surface area contributed by atoms with Gasteiger partial charge in [0, 0.05) is 12.1 Å². The van der Waals surface area contributed by atoms with Crippen molar-refractivity contribution in [3.8, 4) is 5.75 Å². The monoisotopic (exact) mass is 435 g/mol. The van der Waals surface area contributed by atoms with E-state index in [-0.39, 0.29) is 11.4 Å². The number of rotatable bonds is 5. The Hall–Kier alpha value is -1.98. The molecule has 7 N–H and O–H groups in total. The highest BCUT2D eigenvalue weighted by molar-refractivity contribution is 5.36. The maximum absolute atomic E-state index is 10.7. The molecular weight excluding hydrogens is 414 g/mol. The number of non-ortho nitro benzene ring substituents is 1. The molecule has 0 saturated carbocycles. The molecule has 1 aromatic rings. The van der Waals surface area contributed by atoms with Crippen LogP contribution >= 0.6 is 0 Å². The van der Waals surface area contributed by atoms with Crippen LogP contribution in [0.25, 0.3) is 0 Å². The molecule has 30 heavy (non-hydrogen) atoms. The van der Waals surface area contributed by atoms with Gasteiger partial charge in [-0.2, -0.15) is 0 Å². The number of hydrogen-bond donors (Lipinski definition) is 7. The van der Waals surface area contributed by atoms with Gasteiger partial charge >= 0.3 is 0 Å². The summed E-state index contributed by atoms with van der Waals surface area (Å²) >= 11 is 0. The van der Waals surface area contributed by atoms with Crippen LogP contribution in [0.3, 0.4) is 0 Å². The van der Waals surface area contributed by atoms with E-state index in [4.69, 9.17) is 18.9 Å². The van der Waals surface area contributed by atoms with Gasteiger partial charge in [-0.05, 0) is 12.1 Å². The third kappa shape index (κ3) is 4.52. The molecule has 14 heteroatoms. The van der Waals surface area contributed by atoms with Crippen molar-refractivity contribution in [3.63, 3.8) is 0 Å². The molecule has 1 aromatic carbocycles. The highest BCUT2D eigenvalue weighted by Gasteiger charge is 2.51. The molecule has 2 aliphatic rings. The number of nitro benzene ring substituents is 1. The topological polar surface area (TPSA) is 222 Å². The molecule has 2 aliphatic heterocycles. The molecule has 0 amide bonds. The normalized spacial score (nSPS) is 42.0. The van der Waals surface area contributed by atoms with Crippen LogP contribution in [0.2, 0.25) is 0 Å². The lowest BCUT2D eigenvalue weighted by atomic mass is 10.0. The average molecular weight is 435 g/mol. The fourth-order valence-corrected chi connectivity index (χ4v) is 2.95. The summed E-state index contributed by atoms with van der Waals surface area (Å²) in [6.45, 7) is 0. The van der Waals surface area contributed by atoms with Crippen LogP contribution in [0, 0.1) is 10.1 Å². The molecule has 0 spiro atoms. The van der Waals surface area contributed by atoms with E-state index >= 15 is 0 Å². The van der Waals surface area contributed by atoms with Crippen molar-refractivity contribution in [1.29, 1.82) is 0 Å². The number of nitrogens with zero attached hydrogens (tertiary/aromatic N) is 1. The van der Waals surface area contributed by atoms with Crippen LogP contribution in [0.5, 0.6) is 5.75 Å². The smallest absolute Gasteiger partial charge is 0.269 e. The molecule has 10 atom stereocenters. The molecule has 2 fully saturated rings. The number of benzene rings is 1. The SMILES string of the molecule is O=[N+]([O-])c1ccc(OC2O[C@H](O)[C@@H](O)C(OC3O[C@H](O)[C@@H](O)[C@H](O)[C@H]3O)[C@H]2O)cc1. The Morgan fingerprint density at radius 1 is 0.767 bits per heavy atom. The van der Waals surface area contributed by atoms with Gasteiger partial charge in [-0.1, -0.05) is 0 Å². The Morgan fingerprint density at radius 3 is 1.93 bits per heavy atom. The first kappa shape index (κ1) is 22.7. The van der Waals surface area contributed by atoms with Gasteiger partial charge in [-0.15, -0.1) is 0 Å². The summed E-state index contributed by atoms with van der Waals surface area (Å²) in [6.07, 6.45) is -18.1. The van der Waals surface area contributed by atoms with E-state index in [2.05, 4.69) is 0 Å². The van der Waals surface area contributed by atoms with Gasteiger partial charge in [0.2, 0.25) is 6.29 Å². The second kappa shape index (κ2) is 9.03. The van der Waals surface area contributed by atoms with Crippen molar-refractivity contribution in [2.75, 3.05) is 0 Å². The quantitative estimate of drug-likeness (QED) is 0.176. The lowest BCUT2D eigenvalue weighted by Crippen LogP contribution is -2.64. The molecule has 0 aliphatic carbocycles. The van der Waals surface area contributed by atoms with Gasteiger partial charge in [-0.3, -0.25) is 10.1 Å². The Morgan fingerprint density at radius 2 is 1.33 bits per heavy atom. The third-order valence-electron chi connectivity index (χ3n) is 4.65. The minimum Gasteiger partial charge on any atom is -0.462 e. The number of aliphatic hydroxyl groups is 7. The largest absolute Gasteiger partial charge is 0.462 e. The Bertz CT molecular complexity index is 732. The van der Waals surface area contributed by atoms with Crippen LogP contribution in [0.1, 0.15) is 0 Å². The van der Waals surface area contributed by atoms with Gasteiger partial charge in [0.1, 0.15) is 42.4 Å². The molecule has 14 nitrogen and oxygen atoms in total. The highest BCUT2D eigenvalue weighted by Crippen LogP contribution is 2.29. The van der Waals surface area contributed by atoms with E-state index in [0.29, 0.717) is 0 Å². The minimum atomic E-state index is -1.93. The van der Waals surface area contributed by atoms with Crippen molar-refractivity contribution < 1.29 is 59.6 Å². The van der Waals surface area contributed by atoms with Crippen LogP contribution in [-0.4, -0.2) is 102 Å². The van der Waals surface area contributed by atoms with Gasteiger partial charge < -0.3 is 54.7 Å². The maximum Gasteiger partial charge on any atom is 0.269 e. The second-order valence-electron chi connectivity index (χ2n) is 6.71. The van der Waals surface area contributed by atoms with E-state index in [1.807, 2.05) is 0 Å². The molecule has 3 unspecified atom stereocenters. The van der Waals surface area contributed by atoms with Gasteiger partial charge in [0.05, 0.1) is 4.92 Å².